The summed E-state index contributed by atoms with van der Waals surface area (Å²) in [5, 5.41) is 9.50. The first-order valence-corrected chi connectivity index (χ1v) is 15.8. The van der Waals surface area contributed by atoms with Crippen LogP contribution in [0.1, 0.15) is 83.7 Å². The van der Waals surface area contributed by atoms with Crippen molar-refractivity contribution in [1.29, 1.82) is 0 Å². The highest BCUT2D eigenvalue weighted by Crippen LogP contribution is 2.30. The Morgan fingerprint density at radius 2 is 1.65 bits per heavy atom. The molecule has 0 saturated heterocycles. The number of nitrogens with zero attached hydrogens (tertiary/aromatic N) is 3. The lowest BCUT2D eigenvalue weighted by Gasteiger charge is -2.27. The fourth-order valence-corrected chi connectivity index (χ4v) is 5.74. The molecule has 43 heavy (non-hydrogen) atoms. The van der Waals surface area contributed by atoms with Gasteiger partial charge in [-0.2, -0.15) is 0 Å². The van der Waals surface area contributed by atoms with E-state index in [0.717, 1.165) is 29.7 Å². The number of hydrogen-bond donors (Lipinski definition) is 2. The summed E-state index contributed by atoms with van der Waals surface area (Å²) in [6.07, 6.45) is 5.45. The zero-order valence-corrected chi connectivity index (χ0v) is 26.5. The number of benzene rings is 1. The van der Waals surface area contributed by atoms with E-state index in [1.165, 1.54) is 36.2 Å². The van der Waals surface area contributed by atoms with Crippen LogP contribution in [0.5, 0.6) is 0 Å². The molecule has 0 fully saturated rings. The van der Waals surface area contributed by atoms with Crippen LogP contribution in [0.15, 0.2) is 71.9 Å². The van der Waals surface area contributed by atoms with E-state index in [4.69, 9.17) is 4.74 Å². The molecule has 0 saturated carbocycles. The van der Waals surface area contributed by atoms with E-state index in [0.29, 0.717) is 5.69 Å². The Labute approximate surface area is 254 Å². The number of unbranched alkanes of at least 4 members (excludes halogenated alkanes) is 1. The maximum Gasteiger partial charge on any atom is 0.416 e. The summed E-state index contributed by atoms with van der Waals surface area (Å²) < 4.78 is 35.0. The summed E-state index contributed by atoms with van der Waals surface area (Å²) >= 11 is 0. The van der Waals surface area contributed by atoms with Crippen LogP contribution in [0.4, 0.5) is 10.6 Å². The quantitative estimate of drug-likeness (QED) is 0.239. The number of pyridine rings is 2. The van der Waals surface area contributed by atoms with Gasteiger partial charge in [0.05, 0.1) is 16.6 Å². The second kappa shape index (κ2) is 14.1. The molecule has 3 aromatic rings. The van der Waals surface area contributed by atoms with Crippen molar-refractivity contribution >= 4 is 27.9 Å². The molecule has 0 aliphatic rings. The standard InChI is InChI=1S/C32H42N4O6S/c1-7-8-18-32(5,6)24-14-12-23(13-15-24)21-27(35-43(40,41)25-16-19-33-20-17-25)26-10-9-11-28(34-26)36(22-29(37)38)30(39)42-31(2,3)4/h9-17,19-20,27,35H,7-8,18,21-22H2,1-6H3,(H,37,38). The Hall–Kier alpha value is -3.83. The normalized spacial score (nSPS) is 12.9. The van der Waals surface area contributed by atoms with Gasteiger partial charge in [-0.25, -0.2) is 22.9 Å². The monoisotopic (exact) mass is 610 g/mol. The maximum absolute atomic E-state index is 13.4. The summed E-state index contributed by atoms with van der Waals surface area (Å²) in [7, 11) is -3.99. The molecule has 232 valence electrons. The van der Waals surface area contributed by atoms with E-state index in [9.17, 15) is 23.1 Å². The average Bonchev–Trinajstić information content (AvgIpc) is 2.94. The van der Waals surface area contributed by atoms with Crippen LogP contribution in [-0.2, 0) is 31.4 Å². The number of carboxylic acid groups (broad SMARTS) is 1. The first-order chi connectivity index (χ1) is 20.1. The van der Waals surface area contributed by atoms with Gasteiger partial charge in [0.1, 0.15) is 18.0 Å². The van der Waals surface area contributed by atoms with Crippen LogP contribution in [0.25, 0.3) is 0 Å². The number of carboxylic acids is 1. The third-order valence-corrected chi connectivity index (χ3v) is 8.37. The number of hydrogen-bond acceptors (Lipinski definition) is 7. The molecule has 0 aliphatic carbocycles. The van der Waals surface area contributed by atoms with Gasteiger partial charge in [-0.3, -0.25) is 14.7 Å². The zero-order valence-electron chi connectivity index (χ0n) is 25.7. The highest BCUT2D eigenvalue weighted by atomic mass is 32.2. The second-order valence-electron chi connectivity index (χ2n) is 12.1. The largest absolute Gasteiger partial charge is 0.480 e. The van der Waals surface area contributed by atoms with E-state index >= 15 is 0 Å². The lowest BCUT2D eigenvalue weighted by molar-refractivity contribution is -0.135. The molecular formula is C32H42N4O6S. The minimum atomic E-state index is -3.99. The second-order valence-corrected chi connectivity index (χ2v) is 13.8. The number of carbonyl (C=O) groups is 2. The molecule has 2 heterocycles. The fourth-order valence-electron chi connectivity index (χ4n) is 4.55. The van der Waals surface area contributed by atoms with Crippen LogP contribution in [0.3, 0.4) is 0 Å². The summed E-state index contributed by atoms with van der Waals surface area (Å²) in [5.41, 5.74) is 1.51. The Balaban J connectivity index is 2.01. The van der Waals surface area contributed by atoms with Crippen molar-refractivity contribution in [3.8, 4) is 0 Å². The fraction of sp³-hybridized carbons (Fsp3) is 0.438. The number of ether oxygens (including phenoxy) is 1. The Morgan fingerprint density at radius 3 is 2.23 bits per heavy atom. The molecule has 0 bridgehead atoms. The first-order valence-electron chi connectivity index (χ1n) is 14.3. The van der Waals surface area contributed by atoms with Gasteiger partial charge in [-0.15, -0.1) is 0 Å². The minimum absolute atomic E-state index is 0.00201. The van der Waals surface area contributed by atoms with E-state index < -0.39 is 40.3 Å². The molecule has 0 aliphatic heterocycles. The average molecular weight is 611 g/mol. The molecule has 2 aromatic heterocycles. The summed E-state index contributed by atoms with van der Waals surface area (Å²) in [6.45, 7) is 10.9. The Morgan fingerprint density at radius 1 is 1.00 bits per heavy atom. The van der Waals surface area contributed by atoms with Gasteiger partial charge in [-0.1, -0.05) is 63.9 Å². The van der Waals surface area contributed by atoms with E-state index in [2.05, 4.69) is 47.6 Å². The van der Waals surface area contributed by atoms with Crippen LogP contribution >= 0.6 is 0 Å². The molecule has 10 nitrogen and oxygen atoms in total. The van der Waals surface area contributed by atoms with Gasteiger partial charge in [0.15, 0.2) is 0 Å². The van der Waals surface area contributed by atoms with Gasteiger partial charge in [0.25, 0.3) is 0 Å². The summed E-state index contributed by atoms with van der Waals surface area (Å²) in [5.74, 6) is -1.23. The van der Waals surface area contributed by atoms with E-state index in [-0.39, 0.29) is 22.5 Å². The summed E-state index contributed by atoms with van der Waals surface area (Å²) in [4.78, 5) is 34.0. The van der Waals surface area contributed by atoms with Crippen LogP contribution < -0.4 is 9.62 Å². The summed E-state index contributed by atoms with van der Waals surface area (Å²) in [6, 6.07) is 14.8. The molecule has 2 N–H and O–H groups in total. The van der Waals surface area contributed by atoms with E-state index in [1.54, 1.807) is 32.9 Å². The van der Waals surface area contributed by atoms with Gasteiger partial charge >= 0.3 is 12.1 Å². The predicted molar refractivity (Wildman–Crippen MR) is 165 cm³/mol. The van der Waals surface area contributed by atoms with Gasteiger partial charge in [-0.05, 0) is 74.4 Å². The highest BCUT2D eigenvalue weighted by molar-refractivity contribution is 7.89. The van der Waals surface area contributed by atoms with Crippen molar-refractivity contribution in [1.82, 2.24) is 14.7 Å². The smallest absolute Gasteiger partial charge is 0.416 e. The number of sulfonamides is 1. The number of carbonyl (C=O) groups excluding carboxylic acids is 1. The highest BCUT2D eigenvalue weighted by Gasteiger charge is 2.29. The molecule has 1 atom stereocenters. The van der Waals surface area contributed by atoms with Crippen molar-refractivity contribution in [2.24, 2.45) is 0 Å². The molecule has 0 radical (unpaired) electrons. The number of aliphatic carboxylic acids is 1. The van der Waals surface area contributed by atoms with Crippen LogP contribution in [-0.4, -0.2) is 47.7 Å². The SMILES string of the molecule is CCCCC(C)(C)c1ccc(CC(NS(=O)(=O)c2ccncc2)c2cccc(N(CC(=O)O)C(=O)OC(C)(C)C)n2)cc1. The van der Waals surface area contributed by atoms with Gasteiger partial charge in [0.2, 0.25) is 10.0 Å². The van der Waals surface area contributed by atoms with E-state index in [1.807, 2.05) is 12.1 Å². The molecule has 1 aromatic carbocycles. The van der Waals surface area contributed by atoms with Gasteiger partial charge < -0.3 is 9.84 Å². The molecule has 0 spiro atoms. The number of aromatic nitrogens is 2. The number of anilines is 1. The molecule has 1 unspecified atom stereocenters. The van der Waals surface area contributed by atoms with Crippen molar-refractivity contribution in [2.45, 2.75) is 89.2 Å². The van der Waals surface area contributed by atoms with Crippen LogP contribution in [0.2, 0.25) is 0 Å². The van der Waals surface area contributed by atoms with Crippen LogP contribution in [0, 0.1) is 0 Å². The lowest BCUT2D eigenvalue weighted by atomic mass is 9.80. The zero-order chi connectivity index (χ0) is 31.8. The minimum Gasteiger partial charge on any atom is -0.480 e. The lowest BCUT2D eigenvalue weighted by Crippen LogP contribution is -2.40. The topological polar surface area (TPSA) is 139 Å². The predicted octanol–water partition coefficient (Wildman–Crippen LogP) is 6.03. The first kappa shape index (κ1) is 33.7. The molecule has 11 heteroatoms. The third kappa shape index (κ3) is 9.86. The van der Waals surface area contributed by atoms with Crippen molar-refractivity contribution in [2.75, 3.05) is 11.4 Å². The molecule has 3 rings (SSSR count). The number of amides is 1. The maximum atomic E-state index is 13.4. The van der Waals surface area contributed by atoms with Crippen molar-refractivity contribution in [3.63, 3.8) is 0 Å². The third-order valence-electron chi connectivity index (χ3n) is 6.88. The Bertz CT molecular complexity index is 1490. The van der Waals surface area contributed by atoms with Crippen molar-refractivity contribution in [3.05, 3.63) is 83.8 Å². The van der Waals surface area contributed by atoms with Gasteiger partial charge in [0, 0.05) is 12.4 Å². The number of nitrogens with one attached hydrogen (secondary N) is 1. The Kier molecular flexibility index (Phi) is 11.0. The molecule has 1 amide bonds. The number of rotatable bonds is 13. The molecular weight excluding hydrogens is 568 g/mol. The van der Waals surface area contributed by atoms with Crippen molar-refractivity contribution < 1.29 is 27.9 Å².